The Balaban J connectivity index is 1.08. The van der Waals surface area contributed by atoms with Crippen molar-refractivity contribution in [1.82, 2.24) is 14.8 Å². The molecule has 48 heavy (non-hydrogen) atoms. The van der Waals surface area contributed by atoms with E-state index in [2.05, 4.69) is 5.32 Å². The lowest BCUT2D eigenvalue weighted by atomic mass is 9.59. The number of nitrogens with one attached hydrogen (secondary N) is 1. The molecule has 1 aromatic heterocycles. The van der Waals surface area contributed by atoms with Crippen LogP contribution in [0.3, 0.4) is 0 Å². The second kappa shape index (κ2) is 11.7. The van der Waals surface area contributed by atoms with E-state index in [9.17, 15) is 23.2 Å². The fraction of sp³-hybridized carbons (Fsp3) is 0.462. The van der Waals surface area contributed by atoms with Crippen molar-refractivity contribution in [3.63, 3.8) is 0 Å². The molecule has 2 amide bonds. The number of allylic oxidation sites excluding steroid dienone is 1. The van der Waals surface area contributed by atoms with Gasteiger partial charge in [-0.3, -0.25) is 9.59 Å². The highest BCUT2D eigenvalue weighted by Crippen LogP contribution is 2.55. The number of carbonyl (C=O) groups excluding carboxylic acids is 2. The summed E-state index contributed by atoms with van der Waals surface area (Å²) in [5, 5.41) is 3.08. The van der Waals surface area contributed by atoms with Crippen LogP contribution in [-0.4, -0.2) is 46.8 Å². The van der Waals surface area contributed by atoms with Crippen molar-refractivity contribution >= 4 is 17.6 Å². The average Bonchev–Trinajstić information content (AvgIpc) is 3.93. The van der Waals surface area contributed by atoms with Gasteiger partial charge in [0.05, 0.1) is 17.1 Å². The molecular weight excluding hydrogens is 612 g/mol. The van der Waals surface area contributed by atoms with E-state index >= 15 is 0 Å². The Bertz CT molecular complexity index is 1830. The highest BCUT2D eigenvalue weighted by Gasteiger charge is 2.53. The van der Waals surface area contributed by atoms with E-state index in [1.54, 1.807) is 23.1 Å². The van der Waals surface area contributed by atoms with Crippen LogP contribution in [0.1, 0.15) is 111 Å². The molecule has 7 rings (SSSR count). The second-order valence-corrected chi connectivity index (χ2v) is 15.5. The molecule has 4 aliphatic rings. The van der Waals surface area contributed by atoms with E-state index in [4.69, 9.17) is 4.74 Å². The van der Waals surface area contributed by atoms with E-state index in [-0.39, 0.29) is 40.8 Å². The van der Waals surface area contributed by atoms with Crippen LogP contribution in [0, 0.1) is 11.2 Å². The van der Waals surface area contributed by atoms with Gasteiger partial charge in [-0.05, 0) is 113 Å². The highest BCUT2D eigenvalue weighted by molar-refractivity contribution is 5.94. The fourth-order valence-electron chi connectivity index (χ4n) is 7.32. The summed E-state index contributed by atoms with van der Waals surface area (Å²) in [6, 6.07) is 16.0. The van der Waals surface area contributed by atoms with Crippen LogP contribution >= 0.6 is 0 Å². The molecule has 252 valence electrons. The number of hydrogen-bond acceptors (Lipinski definition) is 4. The number of amides is 2. The first kappa shape index (κ1) is 32.3. The van der Waals surface area contributed by atoms with Crippen molar-refractivity contribution in [3.8, 4) is 0 Å². The summed E-state index contributed by atoms with van der Waals surface area (Å²) in [4.78, 5) is 40.9. The van der Waals surface area contributed by atoms with Gasteiger partial charge in [0.25, 0.3) is 11.5 Å². The molecule has 1 saturated heterocycles. The predicted octanol–water partition coefficient (Wildman–Crippen LogP) is 7.65. The van der Waals surface area contributed by atoms with Crippen molar-refractivity contribution in [2.75, 3.05) is 19.8 Å². The first-order chi connectivity index (χ1) is 22.8. The summed E-state index contributed by atoms with van der Waals surface area (Å²) >= 11 is 0. The number of ether oxygens (including phenoxy) is 1. The number of rotatable bonds is 8. The maximum absolute atomic E-state index is 14.0. The maximum atomic E-state index is 14.0. The molecular formula is C39H43F2N3O4. The molecule has 1 spiro atoms. The first-order valence-corrected chi connectivity index (χ1v) is 17.0. The van der Waals surface area contributed by atoms with Crippen LogP contribution in [0.2, 0.25) is 0 Å². The molecule has 3 saturated carbocycles. The number of aromatic nitrogens is 1. The summed E-state index contributed by atoms with van der Waals surface area (Å²) in [5.41, 5.74) is 4.68. The third kappa shape index (κ3) is 6.19. The minimum absolute atomic E-state index is 0.0431. The van der Waals surface area contributed by atoms with Gasteiger partial charge in [-0.1, -0.05) is 42.0 Å². The number of pyridine rings is 1. The number of benzene rings is 2. The van der Waals surface area contributed by atoms with Crippen LogP contribution in [-0.2, 0) is 10.3 Å². The third-order valence-corrected chi connectivity index (χ3v) is 10.3. The summed E-state index contributed by atoms with van der Waals surface area (Å²) in [7, 11) is 0. The summed E-state index contributed by atoms with van der Waals surface area (Å²) in [6.07, 6.45) is 5.97. The number of likely N-dealkylation sites (tertiary alicyclic amines) is 1. The maximum Gasteiger partial charge on any atom is 0.410 e. The van der Waals surface area contributed by atoms with Gasteiger partial charge in [-0.15, -0.1) is 0 Å². The van der Waals surface area contributed by atoms with Gasteiger partial charge >= 0.3 is 6.09 Å². The molecule has 0 bridgehead atoms. The Labute approximate surface area is 280 Å². The molecule has 1 atom stereocenters. The van der Waals surface area contributed by atoms with Gasteiger partial charge in [0, 0.05) is 30.3 Å². The molecule has 0 radical (unpaired) electrons. The molecule has 3 aromatic rings. The molecule has 1 N–H and O–H groups in total. The Morgan fingerprint density at radius 1 is 0.979 bits per heavy atom. The highest BCUT2D eigenvalue weighted by atomic mass is 19.1. The van der Waals surface area contributed by atoms with Gasteiger partial charge in [0.2, 0.25) is 0 Å². The SMILES string of the molecule is C[C@@H](NC(=O)c1cc(C2CC2)c(=O)n(C2(CF)CC2)c1)c1ccc(C(=C2CC3(C2)CN(C(=O)OC(C)(C)C)C3)c2ccc(F)cc2)cc1. The van der Waals surface area contributed by atoms with Crippen LogP contribution < -0.4 is 10.9 Å². The summed E-state index contributed by atoms with van der Waals surface area (Å²) < 4.78 is 34.9. The van der Waals surface area contributed by atoms with Crippen molar-refractivity contribution in [2.45, 2.75) is 89.3 Å². The van der Waals surface area contributed by atoms with Crippen LogP contribution in [0.25, 0.3) is 5.57 Å². The Morgan fingerprint density at radius 3 is 2.12 bits per heavy atom. The zero-order valence-corrected chi connectivity index (χ0v) is 28.1. The molecule has 2 aromatic carbocycles. The van der Waals surface area contributed by atoms with Gasteiger partial charge in [0.15, 0.2) is 0 Å². The Kier molecular flexibility index (Phi) is 7.87. The third-order valence-electron chi connectivity index (χ3n) is 10.3. The molecule has 1 aliphatic heterocycles. The number of nitrogens with zero attached hydrogens (tertiary/aromatic N) is 2. The molecule has 2 heterocycles. The minimum Gasteiger partial charge on any atom is -0.444 e. The number of carbonyl (C=O) groups is 2. The van der Waals surface area contributed by atoms with Crippen LogP contribution in [0.5, 0.6) is 0 Å². The van der Waals surface area contributed by atoms with E-state index in [1.807, 2.05) is 52.0 Å². The number of alkyl halides is 1. The van der Waals surface area contributed by atoms with E-state index in [1.165, 1.54) is 28.5 Å². The Hall–Kier alpha value is -4.27. The topological polar surface area (TPSA) is 80.6 Å². The van der Waals surface area contributed by atoms with Crippen molar-refractivity contribution in [3.05, 3.63) is 110 Å². The molecule has 9 heteroatoms. The van der Waals surface area contributed by atoms with E-state index < -0.39 is 17.8 Å². The van der Waals surface area contributed by atoms with Gasteiger partial charge in [0.1, 0.15) is 18.1 Å². The normalized spacial score (nSPS) is 19.6. The molecule has 0 unspecified atom stereocenters. The molecule has 4 fully saturated rings. The van der Waals surface area contributed by atoms with Crippen LogP contribution in [0.4, 0.5) is 13.6 Å². The summed E-state index contributed by atoms with van der Waals surface area (Å²) in [5.74, 6) is -0.455. The van der Waals surface area contributed by atoms with Crippen molar-refractivity contribution in [2.24, 2.45) is 5.41 Å². The number of halogens is 2. The van der Waals surface area contributed by atoms with E-state index in [0.29, 0.717) is 37.1 Å². The predicted molar refractivity (Wildman–Crippen MR) is 180 cm³/mol. The standard InChI is InChI=1S/C39H43F2N3O4/c1-24(42-34(45)29-17-32(26-7-8-26)35(46)44(20-29)39(21-40)15-16-39)25-5-9-27(10-6-25)33(28-11-13-31(41)14-12-28)30-18-38(19-30)22-43(23-38)36(47)48-37(2,3)4/h5-6,9-14,17,20,24,26H,7-8,15-16,18-19,21-23H2,1-4H3,(H,42,45)/t24-/m1/s1. The van der Waals surface area contributed by atoms with Gasteiger partial charge in [-0.25, -0.2) is 13.6 Å². The van der Waals surface area contributed by atoms with Crippen molar-refractivity contribution < 1.29 is 23.1 Å². The van der Waals surface area contributed by atoms with Crippen molar-refractivity contribution in [1.29, 1.82) is 0 Å². The van der Waals surface area contributed by atoms with Crippen LogP contribution in [0.15, 0.2) is 71.2 Å². The summed E-state index contributed by atoms with van der Waals surface area (Å²) in [6.45, 7) is 8.21. The molecule has 3 aliphatic carbocycles. The lowest BCUT2D eigenvalue weighted by Crippen LogP contribution is -2.62. The van der Waals surface area contributed by atoms with E-state index in [0.717, 1.165) is 47.9 Å². The molecule has 7 nitrogen and oxygen atoms in total. The lowest BCUT2D eigenvalue weighted by molar-refractivity contribution is -0.0500. The Morgan fingerprint density at radius 2 is 1.58 bits per heavy atom. The zero-order valence-electron chi connectivity index (χ0n) is 28.1. The average molecular weight is 656 g/mol. The quantitative estimate of drug-likeness (QED) is 0.271. The van der Waals surface area contributed by atoms with Gasteiger partial charge in [-0.2, -0.15) is 0 Å². The second-order valence-electron chi connectivity index (χ2n) is 15.5. The fourth-order valence-corrected chi connectivity index (χ4v) is 7.32. The number of hydrogen-bond donors (Lipinski definition) is 1. The van der Waals surface area contributed by atoms with Gasteiger partial charge < -0.3 is 19.5 Å². The smallest absolute Gasteiger partial charge is 0.410 e. The lowest BCUT2D eigenvalue weighted by Gasteiger charge is -2.57. The minimum atomic E-state index is -0.814. The monoisotopic (exact) mass is 655 g/mol. The zero-order chi connectivity index (χ0) is 34.0. The largest absolute Gasteiger partial charge is 0.444 e. The first-order valence-electron chi connectivity index (χ1n) is 17.0.